The van der Waals surface area contributed by atoms with Crippen molar-refractivity contribution in [3.8, 4) is 0 Å². The van der Waals surface area contributed by atoms with Gasteiger partial charge in [0, 0.05) is 13.0 Å². The molecule has 4 unspecified atom stereocenters. The largest absolute Gasteiger partial charge is 0.481 e. The Morgan fingerprint density at radius 3 is 2.03 bits per heavy atom. The van der Waals surface area contributed by atoms with Gasteiger partial charge in [0.25, 0.3) is 0 Å². The van der Waals surface area contributed by atoms with E-state index in [9.17, 15) is 38.7 Å². The number of likely N-dealkylation sites (tertiary alicyclic amines) is 1. The van der Waals surface area contributed by atoms with Crippen molar-refractivity contribution in [1.29, 1.82) is 0 Å². The Kier molecular flexibility index (Phi) is 10.2. The monoisotopic (exact) mass is 472 g/mol. The van der Waals surface area contributed by atoms with E-state index in [4.69, 9.17) is 22.3 Å². The number of rotatable bonds is 13. The van der Waals surface area contributed by atoms with E-state index in [-0.39, 0.29) is 25.8 Å². The highest BCUT2D eigenvalue weighted by Gasteiger charge is 2.39. The average Bonchev–Trinajstić information content (AvgIpc) is 3.19. The quantitative estimate of drug-likeness (QED) is 0.136. The summed E-state index contributed by atoms with van der Waals surface area (Å²) in [5, 5.41) is 22.7. The molecule has 1 aliphatic rings. The lowest BCUT2D eigenvalue weighted by Gasteiger charge is -2.28. The predicted octanol–water partition coefficient (Wildman–Crippen LogP) is -4.03. The number of nitrogens with zero attached hydrogens (tertiary/aromatic N) is 1. The molecule has 0 bridgehead atoms. The van der Waals surface area contributed by atoms with Crippen LogP contribution in [0.15, 0.2) is 0 Å². The van der Waals surface area contributed by atoms with Gasteiger partial charge in [0.05, 0.1) is 18.9 Å². The van der Waals surface area contributed by atoms with Crippen LogP contribution in [-0.2, 0) is 33.6 Å². The molecule has 33 heavy (non-hydrogen) atoms. The molecule has 10 N–H and O–H groups in total. The van der Waals surface area contributed by atoms with Crippen LogP contribution in [0.5, 0.6) is 0 Å². The Morgan fingerprint density at radius 1 is 0.909 bits per heavy atom. The fourth-order valence-electron chi connectivity index (χ4n) is 3.25. The van der Waals surface area contributed by atoms with Gasteiger partial charge in [0.1, 0.15) is 18.1 Å². The van der Waals surface area contributed by atoms with E-state index in [1.54, 1.807) is 0 Å². The molecule has 0 aliphatic carbocycles. The number of hydrogen-bond donors (Lipinski definition) is 7. The third-order valence-electron chi connectivity index (χ3n) is 4.89. The van der Waals surface area contributed by atoms with Crippen molar-refractivity contribution in [2.24, 2.45) is 17.2 Å². The maximum absolute atomic E-state index is 12.8. The zero-order valence-corrected chi connectivity index (χ0v) is 17.7. The molecule has 4 atom stereocenters. The minimum absolute atomic E-state index is 0.0535. The molecule has 0 aromatic rings. The summed E-state index contributed by atoms with van der Waals surface area (Å²) in [5.74, 6) is -7.38. The molecule has 0 aromatic heterocycles. The Labute approximate surface area is 188 Å². The average molecular weight is 472 g/mol. The molecule has 0 spiro atoms. The first-order chi connectivity index (χ1) is 15.3. The number of hydrogen-bond acceptors (Lipinski definition) is 8. The van der Waals surface area contributed by atoms with Gasteiger partial charge in [-0.15, -0.1) is 0 Å². The molecule has 1 fully saturated rings. The molecular weight excluding hydrogens is 444 g/mol. The number of amides is 5. The first-order valence-corrected chi connectivity index (χ1v) is 10.0. The molecule has 15 heteroatoms. The molecule has 5 amide bonds. The molecule has 0 aromatic carbocycles. The van der Waals surface area contributed by atoms with E-state index in [2.05, 4.69) is 10.6 Å². The molecule has 1 heterocycles. The third kappa shape index (κ3) is 8.72. The van der Waals surface area contributed by atoms with Crippen molar-refractivity contribution >= 4 is 41.5 Å². The topological polar surface area (TPSA) is 265 Å². The molecule has 0 saturated carbocycles. The number of carbonyl (C=O) groups is 7. The van der Waals surface area contributed by atoms with E-state index in [0.717, 1.165) is 4.90 Å². The number of carboxylic acid groups (broad SMARTS) is 2. The third-order valence-corrected chi connectivity index (χ3v) is 4.89. The summed E-state index contributed by atoms with van der Waals surface area (Å²) in [5.41, 5.74) is 15.7. The number of primary amides is 2. The maximum atomic E-state index is 12.8. The lowest BCUT2D eigenvalue weighted by atomic mass is 10.1. The SMILES string of the molecule is NC(=O)CCC(N)C(=O)NC(CC(N)=O)C(=O)NC(CC(=O)O)C(=O)N1CCCC1C(=O)O. The van der Waals surface area contributed by atoms with E-state index in [1.165, 1.54) is 0 Å². The Hall–Kier alpha value is -3.75. The van der Waals surface area contributed by atoms with Crippen molar-refractivity contribution < 1.29 is 43.8 Å². The van der Waals surface area contributed by atoms with E-state index >= 15 is 0 Å². The normalized spacial score (nSPS) is 18.0. The van der Waals surface area contributed by atoms with Crippen LogP contribution in [0.3, 0.4) is 0 Å². The summed E-state index contributed by atoms with van der Waals surface area (Å²) in [6, 6.07) is -5.69. The van der Waals surface area contributed by atoms with Gasteiger partial charge in [-0.05, 0) is 19.3 Å². The fourth-order valence-corrected chi connectivity index (χ4v) is 3.25. The molecular formula is C18H28N6O9. The summed E-state index contributed by atoms with van der Waals surface area (Å²) in [6.45, 7) is 0.0535. The molecule has 1 saturated heterocycles. The van der Waals surface area contributed by atoms with Crippen molar-refractivity contribution in [3.05, 3.63) is 0 Å². The zero-order chi connectivity index (χ0) is 25.3. The van der Waals surface area contributed by atoms with Gasteiger partial charge in [-0.3, -0.25) is 28.8 Å². The Bertz CT molecular complexity index is 817. The standard InChI is InChI=1S/C18H28N6O9/c19-8(3-4-12(20)25)15(29)22-9(6-13(21)26)16(30)23-10(7-14(27)28)17(31)24-5-1-2-11(24)18(32)33/h8-11H,1-7,19H2,(H2,20,25)(H2,21,26)(H,22,29)(H,23,30)(H,27,28)(H,32,33). The Balaban J connectivity index is 2.99. The summed E-state index contributed by atoms with van der Waals surface area (Å²) < 4.78 is 0. The highest BCUT2D eigenvalue weighted by Crippen LogP contribution is 2.19. The van der Waals surface area contributed by atoms with Crippen LogP contribution < -0.4 is 27.8 Å². The molecule has 1 aliphatic heterocycles. The van der Waals surface area contributed by atoms with E-state index in [0.29, 0.717) is 6.42 Å². The van der Waals surface area contributed by atoms with Gasteiger partial charge >= 0.3 is 11.9 Å². The smallest absolute Gasteiger partial charge is 0.326 e. The number of carboxylic acids is 2. The van der Waals surface area contributed by atoms with Crippen LogP contribution in [0.2, 0.25) is 0 Å². The van der Waals surface area contributed by atoms with Crippen LogP contribution in [0.25, 0.3) is 0 Å². The molecule has 15 nitrogen and oxygen atoms in total. The van der Waals surface area contributed by atoms with Crippen LogP contribution in [0.4, 0.5) is 0 Å². The van der Waals surface area contributed by atoms with Gasteiger partial charge in [-0.2, -0.15) is 0 Å². The second-order valence-electron chi connectivity index (χ2n) is 7.53. The van der Waals surface area contributed by atoms with Gasteiger partial charge in [-0.25, -0.2) is 4.79 Å². The van der Waals surface area contributed by atoms with Crippen LogP contribution in [0.1, 0.15) is 38.5 Å². The van der Waals surface area contributed by atoms with Crippen LogP contribution >= 0.6 is 0 Å². The Morgan fingerprint density at radius 2 is 1.52 bits per heavy atom. The van der Waals surface area contributed by atoms with Crippen molar-refractivity contribution in [1.82, 2.24) is 15.5 Å². The lowest BCUT2D eigenvalue weighted by molar-refractivity contribution is -0.150. The summed E-state index contributed by atoms with van der Waals surface area (Å²) in [7, 11) is 0. The first kappa shape index (κ1) is 27.3. The van der Waals surface area contributed by atoms with Crippen molar-refractivity contribution in [2.75, 3.05) is 6.54 Å². The summed E-state index contributed by atoms with van der Waals surface area (Å²) in [6.07, 6.45) is -1.38. The zero-order valence-electron chi connectivity index (χ0n) is 17.7. The van der Waals surface area contributed by atoms with E-state index < -0.39 is 78.5 Å². The first-order valence-electron chi connectivity index (χ1n) is 10.0. The number of nitrogens with two attached hydrogens (primary N) is 3. The van der Waals surface area contributed by atoms with Crippen molar-refractivity contribution in [3.63, 3.8) is 0 Å². The van der Waals surface area contributed by atoms with Crippen molar-refractivity contribution in [2.45, 2.75) is 62.7 Å². The van der Waals surface area contributed by atoms with E-state index in [1.807, 2.05) is 0 Å². The minimum Gasteiger partial charge on any atom is -0.481 e. The van der Waals surface area contributed by atoms with Gasteiger partial charge in [-0.1, -0.05) is 0 Å². The molecule has 0 radical (unpaired) electrons. The summed E-state index contributed by atoms with van der Waals surface area (Å²) >= 11 is 0. The van der Waals surface area contributed by atoms with Crippen LogP contribution in [-0.4, -0.2) is 87.3 Å². The number of nitrogens with one attached hydrogen (secondary N) is 2. The highest BCUT2D eigenvalue weighted by atomic mass is 16.4. The minimum atomic E-state index is -1.66. The second kappa shape index (κ2) is 12.3. The van der Waals surface area contributed by atoms with Gasteiger partial charge < -0.3 is 42.9 Å². The number of carbonyl (C=O) groups excluding carboxylic acids is 5. The predicted molar refractivity (Wildman–Crippen MR) is 109 cm³/mol. The lowest BCUT2D eigenvalue weighted by Crippen LogP contribution is -2.58. The molecule has 1 rings (SSSR count). The number of aliphatic carboxylic acids is 2. The fraction of sp³-hybridized carbons (Fsp3) is 0.611. The van der Waals surface area contributed by atoms with Gasteiger partial charge in [0.2, 0.25) is 29.5 Å². The summed E-state index contributed by atoms with van der Waals surface area (Å²) in [4.78, 5) is 83.5. The second-order valence-corrected chi connectivity index (χ2v) is 7.53. The van der Waals surface area contributed by atoms with Crippen LogP contribution in [0, 0.1) is 0 Å². The molecule has 184 valence electrons. The van der Waals surface area contributed by atoms with Gasteiger partial charge in [0.15, 0.2) is 0 Å². The highest BCUT2D eigenvalue weighted by molar-refractivity contribution is 5.97. The maximum Gasteiger partial charge on any atom is 0.326 e.